The number of benzene rings is 1. The van der Waals surface area contributed by atoms with Crippen molar-refractivity contribution in [2.24, 2.45) is 5.92 Å². The third kappa shape index (κ3) is 3.66. The van der Waals surface area contributed by atoms with Crippen molar-refractivity contribution in [1.82, 2.24) is 14.7 Å². The average molecular weight is 342 g/mol. The molecule has 0 aliphatic rings. The van der Waals surface area contributed by atoms with Crippen LogP contribution in [0, 0.1) is 5.92 Å². The minimum absolute atomic E-state index is 0.125. The molecule has 0 spiro atoms. The molecule has 4 nitrogen and oxygen atoms in total. The number of halogens is 1. The van der Waals surface area contributed by atoms with E-state index in [1.54, 1.807) is 24.4 Å². The molecule has 2 heterocycles. The maximum atomic E-state index is 12.2. The minimum atomic E-state index is -0.125. The molecule has 124 valence electrons. The Balaban J connectivity index is 1.84. The van der Waals surface area contributed by atoms with Gasteiger partial charge in [0.05, 0.1) is 10.7 Å². The summed E-state index contributed by atoms with van der Waals surface area (Å²) >= 11 is 5.94. The first-order chi connectivity index (χ1) is 11.5. The minimum Gasteiger partial charge on any atom is -0.304 e. The zero-order chi connectivity index (χ0) is 17.1. The van der Waals surface area contributed by atoms with Gasteiger partial charge in [-0.2, -0.15) is 0 Å². The van der Waals surface area contributed by atoms with Crippen molar-refractivity contribution in [2.45, 2.75) is 26.4 Å². The van der Waals surface area contributed by atoms with Crippen LogP contribution >= 0.6 is 11.6 Å². The molecule has 1 atom stereocenters. The van der Waals surface area contributed by atoms with Gasteiger partial charge in [0.1, 0.15) is 5.65 Å². The molecule has 24 heavy (non-hydrogen) atoms. The van der Waals surface area contributed by atoms with Gasteiger partial charge >= 0.3 is 0 Å². The van der Waals surface area contributed by atoms with Crippen molar-refractivity contribution in [3.8, 4) is 0 Å². The van der Waals surface area contributed by atoms with Crippen LogP contribution < -0.4 is 10.9 Å². The molecule has 0 saturated carbocycles. The predicted molar refractivity (Wildman–Crippen MR) is 97.3 cm³/mol. The number of nitrogens with one attached hydrogen (secondary N) is 1. The largest absolute Gasteiger partial charge is 0.304 e. The van der Waals surface area contributed by atoms with Gasteiger partial charge in [-0.1, -0.05) is 55.8 Å². The van der Waals surface area contributed by atoms with Gasteiger partial charge in [0, 0.05) is 24.8 Å². The van der Waals surface area contributed by atoms with E-state index in [4.69, 9.17) is 11.6 Å². The van der Waals surface area contributed by atoms with Gasteiger partial charge in [0.15, 0.2) is 0 Å². The van der Waals surface area contributed by atoms with Gasteiger partial charge in [-0.3, -0.25) is 9.20 Å². The van der Waals surface area contributed by atoms with E-state index in [-0.39, 0.29) is 11.6 Å². The Bertz CT molecular complexity index is 890. The van der Waals surface area contributed by atoms with Gasteiger partial charge in [-0.25, -0.2) is 4.98 Å². The molecule has 3 aromatic rings. The van der Waals surface area contributed by atoms with Gasteiger partial charge in [0.2, 0.25) is 0 Å². The Morgan fingerprint density at radius 3 is 2.62 bits per heavy atom. The fourth-order valence-corrected chi connectivity index (χ4v) is 2.99. The van der Waals surface area contributed by atoms with Crippen LogP contribution in [0.3, 0.4) is 0 Å². The predicted octanol–water partition coefficient (Wildman–Crippen LogP) is 3.83. The second-order valence-electron chi connectivity index (χ2n) is 6.17. The number of rotatable bonds is 5. The Kier molecular flexibility index (Phi) is 4.97. The van der Waals surface area contributed by atoms with Crippen molar-refractivity contribution in [2.75, 3.05) is 0 Å². The van der Waals surface area contributed by atoms with Crippen molar-refractivity contribution in [1.29, 1.82) is 0 Å². The SMILES string of the molecule is CC(C)[C@H](NCc1cc(=O)n2cc(Cl)ccc2n1)c1ccccc1. The fourth-order valence-electron chi connectivity index (χ4n) is 2.83. The van der Waals surface area contributed by atoms with Crippen LogP contribution in [0.4, 0.5) is 0 Å². The summed E-state index contributed by atoms with van der Waals surface area (Å²) in [5.41, 5.74) is 2.44. The monoisotopic (exact) mass is 341 g/mol. The lowest BCUT2D eigenvalue weighted by Gasteiger charge is -2.23. The summed E-state index contributed by atoms with van der Waals surface area (Å²) in [5.74, 6) is 0.424. The molecule has 1 N–H and O–H groups in total. The summed E-state index contributed by atoms with van der Waals surface area (Å²) in [6, 6.07) is 15.6. The van der Waals surface area contributed by atoms with Crippen LogP contribution in [0.15, 0.2) is 59.5 Å². The number of hydrogen-bond donors (Lipinski definition) is 1. The Labute approximate surface area is 146 Å². The van der Waals surface area contributed by atoms with E-state index in [1.807, 2.05) is 18.2 Å². The van der Waals surface area contributed by atoms with Crippen LogP contribution in [-0.2, 0) is 6.54 Å². The molecule has 0 aliphatic carbocycles. The average Bonchev–Trinajstić information content (AvgIpc) is 2.56. The fraction of sp³-hybridized carbons (Fsp3) is 0.263. The first-order valence-corrected chi connectivity index (χ1v) is 8.38. The lowest BCUT2D eigenvalue weighted by Crippen LogP contribution is -2.27. The van der Waals surface area contributed by atoms with Crippen LogP contribution in [0.1, 0.15) is 31.1 Å². The lowest BCUT2D eigenvalue weighted by atomic mass is 9.96. The summed E-state index contributed by atoms with van der Waals surface area (Å²) in [6.45, 7) is 4.89. The molecule has 3 rings (SSSR count). The second-order valence-corrected chi connectivity index (χ2v) is 6.61. The van der Waals surface area contributed by atoms with E-state index in [9.17, 15) is 4.79 Å². The maximum Gasteiger partial charge on any atom is 0.258 e. The standard InChI is InChI=1S/C19H20ClN3O/c1-13(2)19(14-6-4-3-5-7-14)21-11-16-10-18(24)23-12-15(20)8-9-17(23)22-16/h3-10,12-13,19,21H,11H2,1-2H3/t19-/m0/s1. The summed E-state index contributed by atoms with van der Waals surface area (Å²) in [4.78, 5) is 16.8. The molecule has 0 aliphatic heterocycles. The molecule has 0 radical (unpaired) electrons. The number of fused-ring (bicyclic) bond motifs is 1. The van der Waals surface area contributed by atoms with E-state index >= 15 is 0 Å². The first kappa shape index (κ1) is 16.7. The van der Waals surface area contributed by atoms with Gasteiger partial charge in [-0.05, 0) is 23.6 Å². The molecule has 0 fully saturated rings. The molecule has 0 unspecified atom stereocenters. The lowest BCUT2D eigenvalue weighted by molar-refractivity contribution is 0.408. The topological polar surface area (TPSA) is 46.4 Å². The normalized spacial score (nSPS) is 12.7. The van der Waals surface area contributed by atoms with Crippen LogP contribution in [0.25, 0.3) is 5.65 Å². The highest BCUT2D eigenvalue weighted by Crippen LogP contribution is 2.21. The van der Waals surface area contributed by atoms with Crippen LogP contribution in [-0.4, -0.2) is 9.38 Å². The Hall–Kier alpha value is -2.17. The number of pyridine rings is 1. The van der Waals surface area contributed by atoms with E-state index in [2.05, 4.69) is 36.3 Å². The highest BCUT2D eigenvalue weighted by atomic mass is 35.5. The van der Waals surface area contributed by atoms with Gasteiger partial charge in [0.25, 0.3) is 5.56 Å². The quantitative estimate of drug-likeness (QED) is 0.767. The Morgan fingerprint density at radius 1 is 1.17 bits per heavy atom. The van der Waals surface area contributed by atoms with Crippen LogP contribution in [0.2, 0.25) is 5.02 Å². The van der Waals surface area contributed by atoms with E-state index in [0.717, 1.165) is 5.69 Å². The Morgan fingerprint density at radius 2 is 1.92 bits per heavy atom. The third-order valence-electron chi connectivity index (χ3n) is 4.01. The summed E-state index contributed by atoms with van der Waals surface area (Å²) in [6.07, 6.45) is 1.59. The highest BCUT2D eigenvalue weighted by Gasteiger charge is 2.15. The molecule has 5 heteroatoms. The number of hydrogen-bond acceptors (Lipinski definition) is 3. The van der Waals surface area contributed by atoms with E-state index in [1.165, 1.54) is 9.96 Å². The third-order valence-corrected chi connectivity index (χ3v) is 4.23. The molecular weight excluding hydrogens is 322 g/mol. The molecular formula is C19H20ClN3O. The summed E-state index contributed by atoms with van der Waals surface area (Å²) < 4.78 is 1.46. The van der Waals surface area contributed by atoms with Gasteiger partial charge < -0.3 is 5.32 Å². The number of aromatic nitrogens is 2. The first-order valence-electron chi connectivity index (χ1n) is 8.01. The van der Waals surface area contributed by atoms with Gasteiger partial charge in [-0.15, -0.1) is 0 Å². The van der Waals surface area contributed by atoms with Crippen LogP contribution in [0.5, 0.6) is 0 Å². The van der Waals surface area contributed by atoms with E-state index < -0.39 is 0 Å². The number of nitrogens with zero attached hydrogens (tertiary/aromatic N) is 2. The molecule has 1 aromatic carbocycles. The molecule has 0 bridgehead atoms. The van der Waals surface area contributed by atoms with Crippen molar-refractivity contribution < 1.29 is 0 Å². The highest BCUT2D eigenvalue weighted by molar-refractivity contribution is 6.30. The van der Waals surface area contributed by atoms with Crippen molar-refractivity contribution in [3.05, 3.63) is 81.4 Å². The maximum absolute atomic E-state index is 12.2. The molecule has 0 saturated heterocycles. The zero-order valence-electron chi connectivity index (χ0n) is 13.7. The second kappa shape index (κ2) is 7.16. The molecule has 2 aromatic heterocycles. The molecule has 0 amide bonds. The summed E-state index contributed by atoms with van der Waals surface area (Å²) in [5, 5.41) is 4.03. The summed E-state index contributed by atoms with van der Waals surface area (Å²) in [7, 11) is 0. The van der Waals surface area contributed by atoms with Crippen molar-refractivity contribution >= 4 is 17.2 Å². The van der Waals surface area contributed by atoms with E-state index in [0.29, 0.717) is 23.1 Å². The van der Waals surface area contributed by atoms with Crippen molar-refractivity contribution in [3.63, 3.8) is 0 Å². The smallest absolute Gasteiger partial charge is 0.258 e. The zero-order valence-corrected chi connectivity index (χ0v) is 14.5.